The van der Waals surface area contributed by atoms with Gasteiger partial charge in [-0.15, -0.1) is 0 Å². The topological polar surface area (TPSA) is 50.7 Å². The fourth-order valence-electron chi connectivity index (χ4n) is 1.74. The zero-order valence-corrected chi connectivity index (χ0v) is 10.1. The van der Waals surface area contributed by atoms with Gasteiger partial charge < -0.3 is 5.32 Å². The van der Waals surface area contributed by atoms with E-state index in [1.807, 2.05) is 12.3 Å². The van der Waals surface area contributed by atoms with Gasteiger partial charge in [-0.05, 0) is 31.2 Å². The molecule has 0 aliphatic carbocycles. The number of aryl methyl sites for hydroxylation is 1. The molecule has 0 amide bonds. The second-order valence-electron chi connectivity index (χ2n) is 3.88. The molecule has 4 heteroatoms. The Morgan fingerprint density at radius 2 is 2.00 bits per heavy atom. The Kier molecular flexibility index (Phi) is 3.77. The number of aromatic nitrogens is 3. The van der Waals surface area contributed by atoms with Gasteiger partial charge in [-0.25, -0.2) is 0 Å². The molecule has 2 rings (SSSR count). The monoisotopic (exact) mass is 228 g/mol. The van der Waals surface area contributed by atoms with Gasteiger partial charge in [0.05, 0.1) is 23.6 Å². The summed E-state index contributed by atoms with van der Waals surface area (Å²) in [6.07, 6.45) is 6.98. The number of hydrogen-bond donors (Lipinski definition) is 1. The third kappa shape index (κ3) is 2.85. The molecule has 1 atom stereocenters. The van der Waals surface area contributed by atoms with Gasteiger partial charge in [0, 0.05) is 18.6 Å². The normalized spacial score (nSPS) is 12.4. The highest BCUT2D eigenvalue weighted by atomic mass is 15.0. The Hall–Kier alpha value is -1.81. The van der Waals surface area contributed by atoms with E-state index >= 15 is 0 Å². The molecule has 4 nitrogen and oxygen atoms in total. The summed E-state index contributed by atoms with van der Waals surface area (Å²) in [6, 6.07) is 4.07. The van der Waals surface area contributed by atoms with Crippen molar-refractivity contribution in [2.24, 2.45) is 0 Å². The quantitative estimate of drug-likeness (QED) is 0.868. The van der Waals surface area contributed by atoms with Gasteiger partial charge in [0.25, 0.3) is 0 Å². The average Bonchev–Trinajstić information content (AvgIpc) is 2.37. The van der Waals surface area contributed by atoms with Crippen LogP contribution in [0.4, 0.5) is 0 Å². The van der Waals surface area contributed by atoms with Crippen molar-refractivity contribution in [3.8, 4) is 0 Å². The van der Waals surface area contributed by atoms with E-state index in [2.05, 4.69) is 40.2 Å². The predicted molar refractivity (Wildman–Crippen MR) is 66.5 cm³/mol. The van der Waals surface area contributed by atoms with Crippen molar-refractivity contribution < 1.29 is 0 Å². The van der Waals surface area contributed by atoms with Crippen LogP contribution < -0.4 is 5.32 Å². The van der Waals surface area contributed by atoms with E-state index in [-0.39, 0.29) is 6.04 Å². The first-order valence-corrected chi connectivity index (χ1v) is 5.73. The van der Waals surface area contributed by atoms with E-state index in [4.69, 9.17) is 0 Å². The fourth-order valence-corrected chi connectivity index (χ4v) is 1.74. The maximum Gasteiger partial charge on any atom is 0.0940 e. The molecule has 0 saturated heterocycles. The highest BCUT2D eigenvalue weighted by Gasteiger charge is 2.15. The van der Waals surface area contributed by atoms with E-state index in [1.54, 1.807) is 18.6 Å². The summed E-state index contributed by atoms with van der Waals surface area (Å²) < 4.78 is 0. The van der Waals surface area contributed by atoms with E-state index < -0.39 is 0 Å². The molecule has 17 heavy (non-hydrogen) atoms. The molecule has 0 saturated carbocycles. The summed E-state index contributed by atoms with van der Waals surface area (Å²) in [5, 5.41) is 3.38. The first-order chi connectivity index (χ1) is 8.31. The number of pyridine rings is 1. The number of hydrogen-bond acceptors (Lipinski definition) is 4. The molecule has 2 heterocycles. The van der Waals surface area contributed by atoms with Crippen molar-refractivity contribution in [3.05, 3.63) is 53.9 Å². The van der Waals surface area contributed by atoms with Crippen molar-refractivity contribution in [3.63, 3.8) is 0 Å². The minimum absolute atomic E-state index is 0.00796. The van der Waals surface area contributed by atoms with Gasteiger partial charge in [-0.2, -0.15) is 0 Å². The first kappa shape index (κ1) is 11.7. The van der Waals surface area contributed by atoms with Crippen LogP contribution in [0.15, 0.2) is 36.9 Å². The van der Waals surface area contributed by atoms with Crippen LogP contribution in [0.3, 0.4) is 0 Å². The van der Waals surface area contributed by atoms with Crippen LogP contribution in [0.1, 0.15) is 29.9 Å². The van der Waals surface area contributed by atoms with Crippen molar-refractivity contribution in [2.45, 2.75) is 19.9 Å². The molecular formula is C13H16N4. The number of nitrogens with zero attached hydrogens (tertiary/aromatic N) is 3. The summed E-state index contributed by atoms with van der Waals surface area (Å²) in [4.78, 5) is 12.8. The smallest absolute Gasteiger partial charge is 0.0940 e. The Morgan fingerprint density at radius 1 is 1.18 bits per heavy atom. The minimum Gasteiger partial charge on any atom is -0.304 e. The molecule has 1 unspecified atom stereocenters. The van der Waals surface area contributed by atoms with Crippen molar-refractivity contribution in [2.75, 3.05) is 6.54 Å². The molecule has 0 radical (unpaired) electrons. The third-order valence-corrected chi connectivity index (χ3v) is 2.52. The van der Waals surface area contributed by atoms with Gasteiger partial charge >= 0.3 is 0 Å². The molecule has 0 aliphatic rings. The predicted octanol–water partition coefficient (Wildman–Crippen LogP) is 1.88. The van der Waals surface area contributed by atoms with Crippen LogP contribution in [0.25, 0.3) is 0 Å². The highest BCUT2D eigenvalue weighted by molar-refractivity contribution is 5.23. The minimum atomic E-state index is 0.00796. The Bertz CT molecular complexity index is 470. The maximum absolute atomic E-state index is 4.40. The second kappa shape index (κ2) is 5.50. The van der Waals surface area contributed by atoms with Gasteiger partial charge in [-0.1, -0.05) is 6.92 Å². The summed E-state index contributed by atoms with van der Waals surface area (Å²) in [5.74, 6) is 0. The lowest BCUT2D eigenvalue weighted by Crippen LogP contribution is -2.24. The third-order valence-electron chi connectivity index (χ3n) is 2.52. The number of rotatable bonds is 4. The summed E-state index contributed by atoms with van der Waals surface area (Å²) in [5.41, 5.74) is 3.07. The first-order valence-electron chi connectivity index (χ1n) is 5.73. The molecule has 88 valence electrons. The second-order valence-corrected chi connectivity index (χ2v) is 3.88. The molecule has 0 aromatic carbocycles. The van der Waals surface area contributed by atoms with Crippen LogP contribution in [0.2, 0.25) is 0 Å². The van der Waals surface area contributed by atoms with E-state index in [9.17, 15) is 0 Å². The van der Waals surface area contributed by atoms with Crippen LogP contribution in [-0.4, -0.2) is 21.5 Å². The van der Waals surface area contributed by atoms with Gasteiger partial charge in [0.15, 0.2) is 0 Å². The zero-order chi connectivity index (χ0) is 12.1. The molecule has 0 spiro atoms. The lowest BCUT2D eigenvalue weighted by Gasteiger charge is -2.16. The van der Waals surface area contributed by atoms with Gasteiger partial charge in [0.2, 0.25) is 0 Å². The van der Waals surface area contributed by atoms with Crippen LogP contribution in [-0.2, 0) is 0 Å². The van der Waals surface area contributed by atoms with Gasteiger partial charge in [-0.3, -0.25) is 15.0 Å². The van der Waals surface area contributed by atoms with E-state index in [0.717, 1.165) is 17.9 Å². The zero-order valence-electron chi connectivity index (χ0n) is 10.1. The maximum atomic E-state index is 4.40. The van der Waals surface area contributed by atoms with Crippen LogP contribution in [0, 0.1) is 6.92 Å². The SMILES string of the molecule is CCNC(c1cnccn1)c1cc(C)ccn1. The lowest BCUT2D eigenvalue weighted by atomic mass is 10.1. The van der Waals surface area contributed by atoms with Crippen LogP contribution in [0.5, 0.6) is 0 Å². The molecule has 1 N–H and O–H groups in total. The average molecular weight is 228 g/mol. The van der Waals surface area contributed by atoms with E-state index in [1.165, 1.54) is 5.56 Å². The number of nitrogens with one attached hydrogen (secondary N) is 1. The molecule has 0 bridgehead atoms. The lowest BCUT2D eigenvalue weighted by molar-refractivity contribution is 0.598. The molecular weight excluding hydrogens is 212 g/mol. The van der Waals surface area contributed by atoms with Crippen molar-refractivity contribution >= 4 is 0 Å². The Balaban J connectivity index is 2.35. The molecule has 2 aromatic rings. The summed E-state index contributed by atoms with van der Waals surface area (Å²) >= 11 is 0. The summed E-state index contributed by atoms with van der Waals surface area (Å²) in [6.45, 7) is 4.99. The molecule has 0 fully saturated rings. The Morgan fingerprint density at radius 3 is 2.65 bits per heavy atom. The highest BCUT2D eigenvalue weighted by Crippen LogP contribution is 2.17. The van der Waals surface area contributed by atoms with E-state index in [0.29, 0.717) is 0 Å². The molecule has 2 aromatic heterocycles. The van der Waals surface area contributed by atoms with Crippen LogP contribution >= 0.6 is 0 Å². The van der Waals surface area contributed by atoms with Crippen molar-refractivity contribution in [1.29, 1.82) is 0 Å². The van der Waals surface area contributed by atoms with Crippen molar-refractivity contribution in [1.82, 2.24) is 20.3 Å². The molecule has 0 aliphatic heterocycles. The Labute approximate surface area is 101 Å². The fraction of sp³-hybridized carbons (Fsp3) is 0.308. The van der Waals surface area contributed by atoms with Gasteiger partial charge in [0.1, 0.15) is 0 Å². The summed E-state index contributed by atoms with van der Waals surface area (Å²) in [7, 11) is 0. The largest absolute Gasteiger partial charge is 0.304 e. The standard InChI is InChI=1S/C13H16N4/c1-3-15-13(12-9-14-6-7-17-12)11-8-10(2)4-5-16-11/h4-9,13,15H,3H2,1-2H3.